The molecule has 144 heavy (non-hydrogen) atoms. The molecule has 24 aromatic carbocycles. The van der Waals surface area contributed by atoms with E-state index in [0.29, 0.717) is 0 Å². The highest BCUT2D eigenvalue weighted by Crippen LogP contribution is 2.47. The van der Waals surface area contributed by atoms with E-state index in [2.05, 4.69) is 573 Å². The summed E-state index contributed by atoms with van der Waals surface area (Å²) in [4.78, 5) is 0. The lowest BCUT2D eigenvalue weighted by atomic mass is 9.98. The van der Waals surface area contributed by atoms with Gasteiger partial charge >= 0.3 is 0 Å². The Labute approximate surface area is 831 Å². The largest absolute Gasteiger partial charge is 0.309 e. The highest BCUT2D eigenvalue weighted by atomic mass is 15.0. The summed E-state index contributed by atoms with van der Waals surface area (Å²) in [7, 11) is 0. The lowest BCUT2D eigenvalue weighted by molar-refractivity contribution is 1.18. The van der Waals surface area contributed by atoms with Gasteiger partial charge in [0, 0.05) is 98.2 Å². The Hall–Kier alpha value is -19.1. The topological polar surface area (TPSA) is 29.6 Å². The van der Waals surface area contributed by atoms with Crippen LogP contribution in [-0.2, 0) is 0 Å². The number of fused-ring (bicyclic) bond motifs is 21. The monoisotopic (exact) mass is 1830 g/mol. The molecule has 0 amide bonds. The molecule has 6 heteroatoms. The van der Waals surface area contributed by atoms with Gasteiger partial charge in [-0.1, -0.05) is 364 Å². The van der Waals surface area contributed by atoms with E-state index in [1.807, 2.05) is 0 Å². The third kappa shape index (κ3) is 13.9. The molecule has 0 unspecified atom stereocenters. The van der Waals surface area contributed by atoms with E-state index in [1.54, 1.807) is 0 Å². The Morgan fingerprint density at radius 2 is 0.326 bits per heavy atom. The van der Waals surface area contributed by atoms with E-state index in [4.69, 9.17) is 0 Å². The van der Waals surface area contributed by atoms with Gasteiger partial charge in [0.25, 0.3) is 0 Å². The molecule has 30 rings (SSSR count). The van der Waals surface area contributed by atoms with Crippen molar-refractivity contribution >= 4 is 163 Å². The summed E-state index contributed by atoms with van der Waals surface area (Å²) in [6, 6.07) is 199. The van der Waals surface area contributed by atoms with Gasteiger partial charge in [0.05, 0.1) is 77.6 Å². The van der Waals surface area contributed by atoms with Gasteiger partial charge < -0.3 is 27.4 Å². The number of hydrogen-bond acceptors (Lipinski definition) is 0. The van der Waals surface area contributed by atoms with Gasteiger partial charge in [0.1, 0.15) is 0 Å². The first kappa shape index (κ1) is 83.1. The van der Waals surface area contributed by atoms with Crippen molar-refractivity contribution in [2.75, 3.05) is 0 Å². The van der Waals surface area contributed by atoms with E-state index in [9.17, 15) is 0 Å². The summed E-state index contributed by atoms with van der Waals surface area (Å²) in [6.07, 6.45) is 0. The summed E-state index contributed by atoms with van der Waals surface area (Å²) >= 11 is 0. The fraction of sp³-hybridized carbons (Fsp3) is 0. The Morgan fingerprint density at radius 1 is 0.0972 bits per heavy atom. The number of benzene rings is 24. The summed E-state index contributed by atoms with van der Waals surface area (Å²) in [5.74, 6) is 0. The van der Waals surface area contributed by atoms with Crippen LogP contribution in [0.15, 0.2) is 546 Å². The van der Waals surface area contributed by atoms with Crippen LogP contribution < -0.4 is 0 Å². The molecule has 0 saturated heterocycles. The zero-order valence-electron chi connectivity index (χ0n) is 78.6. The third-order valence-corrected chi connectivity index (χ3v) is 29.7. The fourth-order valence-corrected chi connectivity index (χ4v) is 23.1. The van der Waals surface area contributed by atoms with Gasteiger partial charge in [-0.25, -0.2) is 0 Å². The van der Waals surface area contributed by atoms with Crippen molar-refractivity contribution in [3.63, 3.8) is 0 Å². The van der Waals surface area contributed by atoms with Crippen LogP contribution in [0.5, 0.6) is 0 Å². The van der Waals surface area contributed by atoms with Crippen molar-refractivity contribution in [1.29, 1.82) is 0 Å². The minimum absolute atomic E-state index is 1.16. The van der Waals surface area contributed by atoms with E-state index in [1.165, 1.54) is 258 Å². The van der Waals surface area contributed by atoms with E-state index in [0.717, 1.165) is 5.69 Å². The predicted molar refractivity (Wildman–Crippen MR) is 610 cm³/mol. The molecule has 0 aliphatic rings. The van der Waals surface area contributed by atoms with Crippen LogP contribution in [-0.4, -0.2) is 27.4 Å². The summed E-state index contributed by atoms with van der Waals surface area (Å²) in [5, 5.41) is 22.6. The first-order valence-corrected chi connectivity index (χ1v) is 49.6. The Bertz CT molecular complexity index is 10300. The molecule has 0 bridgehead atoms. The minimum Gasteiger partial charge on any atom is -0.309 e. The number of rotatable bonds is 12. The molecular weight excluding hydrogens is 1740 g/mol. The van der Waals surface area contributed by atoms with Crippen LogP contribution in [0, 0.1) is 0 Å². The van der Waals surface area contributed by atoms with Crippen LogP contribution >= 0.6 is 0 Å². The molecule has 0 atom stereocenters. The SMILES string of the molecule is c1ccc(-c2ccc3c(-n4c5ccccc5c5cc(-c6ccc7c(c6)c6ccccc6n7-c6ccccc6)ccc54)cccc3c2)cc1.c1ccc(-c2ccc3cccc(-n4c5ccccc5c5cc(-c6ccc7c(c6)c6ccccc6n7-c6ccccc6)ccc54)c3c2)cc1.c1ccc(-n2c3ccccc3c3cc(-c4ccc5c(c4)c4ccccc4n5-c4ccc(-c5cccc6ccccc56)cc4)ccc32)cc1. The second-order valence-electron chi connectivity index (χ2n) is 37.7. The Kier molecular flexibility index (Phi) is 19.9. The van der Waals surface area contributed by atoms with Crippen LogP contribution in [0.3, 0.4) is 0 Å². The van der Waals surface area contributed by atoms with E-state index >= 15 is 0 Å². The van der Waals surface area contributed by atoms with Crippen LogP contribution in [0.4, 0.5) is 0 Å². The second-order valence-corrected chi connectivity index (χ2v) is 37.7. The second kappa shape index (κ2) is 34.5. The van der Waals surface area contributed by atoms with Crippen molar-refractivity contribution in [2.24, 2.45) is 0 Å². The van der Waals surface area contributed by atoms with Crippen molar-refractivity contribution in [3.05, 3.63) is 546 Å². The summed E-state index contributed by atoms with van der Waals surface area (Å²) < 4.78 is 14.4. The van der Waals surface area contributed by atoms with Crippen molar-refractivity contribution in [2.45, 2.75) is 0 Å². The molecule has 6 heterocycles. The van der Waals surface area contributed by atoms with Crippen LogP contribution in [0.2, 0.25) is 0 Å². The van der Waals surface area contributed by atoms with E-state index < -0.39 is 0 Å². The quantitative estimate of drug-likeness (QED) is 0.117. The molecule has 30 aromatic rings. The molecule has 0 aliphatic heterocycles. The fourth-order valence-electron chi connectivity index (χ4n) is 23.1. The summed E-state index contributed by atoms with van der Waals surface area (Å²) in [5.41, 5.74) is 36.4. The average Bonchev–Trinajstić information content (AvgIpc) is 1.59. The van der Waals surface area contributed by atoms with Gasteiger partial charge in [-0.2, -0.15) is 0 Å². The maximum Gasteiger partial charge on any atom is 0.0541 e. The van der Waals surface area contributed by atoms with Gasteiger partial charge in [-0.05, 0) is 270 Å². The number of nitrogens with zero attached hydrogens (tertiary/aromatic N) is 6. The molecule has 6 aromatic heterocycles. The Morgan fingerprint density at radius 3 is 0.694 bits per heavy atom. The average molecular weight is 1830 g/mol. The maximum absolute atomic E-state index is 2.45. The summed E-state index contributed by atoms with van der Waals surface area (Å²) in [6.45, 7) is 0. The van der Waals surface area contributed by atoms with Crippen LogP contribution in [0.25, 0.3) is 264 Å². The predicted octanol–water partition coefficient (Wildman–Crippen LogP) is 37.1. The van der Waals surface area contributed by atoms with Gasteiger partial charge in [-0.15, -0.1) is 0 Å². The van der Waals surface area contributed by atoms with Gasteiger partial charge in [0.2, 0.25) is 0 Å². The zero-order valence-corrected chi connectivity index (χ0v) is 78.6. The lowest BCUT2D eigenvalue weighted by Crippen LogP contribution is -1.95. The molecule has 0 spiro atoms. The number of hydrogen-bond donors (Lipinski definition) is 0. The maximum atomic E-state index is 2.45. The third-order valence-electron chi connectivity index (χ3n) is 29.7. The number of aromatic nitrogens is 6. The molecule has 6 nitrogen and oxygen atoms in total. The lowest BCUT2D eigenvalue weighted by Gasteiger charge is -2.13. The first-order valence-electron chi connectivity index (χ1n) is 49.6. The molecule has 0 N–H and O–H groups in total. The standard InChI is InChI=1S/3C46H30N2/c1-3-12-31(13-4-1)32-22-25-37-35(28-32)14-11-21-42(37)48-44-20-10-8-18-39(44)41-30-34(24-27-46(41)48)33-23-26-45-40(29-33)38-17-7-9-19-43(38)47(45)36-15-5-2-6-16-36;1-3-12-31(13-4-1)33-23-22-32-14-11-21-44(39(32)28-33)48-43-20-10-8-18-38(43)41-30-35(25-27-46(41)48)34-24-26-45-40(29-34)37-17-7-9-19-42(37)47(45)36-15-5-2-6-16-36;1-2-13-35(14-3-1)47-43-19-8-6-16-39(43)41-29-33(23-27-45(41)47)34-24-28-46-42(30-34)40-17-7-9-20-44(40)48(46)36-25-21-32(22-26-36)38-18-10-12-31-11-4-5-15-37(31)38/h3*1-30H. The van der Waals surface area contributed by atoms with Crippen molar-refractivity contribution in [3.8, 4) is 101 Å². The minimum atomic E-state index is 1.16. The molecular formula is C138H90N6. The molecule has 0 fully saturated rings. The molecule has 672 valence electrons. The number of para-hydroxylation sites is 9. The molecule has 0 aliphatic carbocycles. The van der Waals surface area contributed by atoms with Crippen LogP contribution in [0.1, 0.15) is 0 Å². The first-order chi connectivity index (χ1) is 71.4. The molecule has 0 radical (unpaired) electrons. The smallest absolute Gasteiger partial charge is 0.0541 e. The normalized spacial score (nSPS) is 11.8. The Balaban J connectivity index is 0.000000105. The molecule has 0 saturated carbocycles. The zero-order chi connectivity index (χ0) is 94.8. The highest BCUT2D eigenvalue weighted by molar-refractivity contribution is 6.18. The van der Waals surface area contributed by atoms with Gasteiger partial charge in [-0.3, -0.25) is 0 Å². The van der Waals surface area contributed by atoms with Crippen molar-refractivity contribution < 1.29 is 0 Å². The van der Waals surface area contributed by atoms with Gasteiger partial charge in [0.15, 0.2) is 0 Å². The van der Waals surface area contributed by atoms with Crippen molar-refractivity contribution in [1.82, 2.24) is 27.4 Å². The highest BCUT2D eigenvalue weighted by Gasteiger charge is 2.24. The van der Waals surface area contributed by atoms with E-state index in [-0.39, 0.29) is 0 Å².